The zero-order valence-electron chi connectivity index (χ0n) is 32.7. The van der Waals surface area contributed by atoms with Gasteiger partial charge in [-0.3, -0.25) is 0 Å². The van der Waals surface area contributed by atoms with Crippen LogP contribution in [-0.4, -0.2) is 16.4 Å². The number of fused-ring (bicyclic) bond motifs is 12. The Morgan fingerprint density at radius 1 is 0.583 bits per heavy atom. The van der Waals surface area contributed by atoms with Gasteiger partial charge in [0.05, 0.1) is 16.4 Å². The number of oxazole rings is 1. The van der Waals surface area contributed by atoms with Gasteiger partial charge in [-0.15, -0.1) is 0 Å². The van der Waals surface area contributed by atoms with Crippen molar-refractivity contribution in [3.63, 3.8) is 0 Å². The Morgan fingerprint density at radius 3 is 2.02 bits per heavy atom. The average Bonchev–Trinajstić information content (AvgIpc) is 3.88. The largest absolute Gasteiger partial charge is 0.436 e. The van der Waals surface area contributed by atoms with E-state index in [1.807, 2.05) is 18.2 Å². The van der Waals surface area contributed by atoms with E-state index in [1.54, 1.807) is 0 Å². The van der Waals surface area contributed by atoms with Crippen molar-refractivity contribution in [3.05, 3.63) is 216 Å². The van der Waals surface area contributed by atoms with Crippen LogP contribution in [0.4, 0.5) is 11.4 Å². The highest BCUT2D eigenvalue weighted by molar-refractivity contribution is 6.94. The monoisotopic (exact) mass is 763 g/mol. The maximum Gasteiger partial charge on any atom is 0.333 e. The van der Waals surface area contributed by atoms with Gasteiger partial charge in [0.25, 0.3) is 0 Å². The third-order valence-corrected chi connectivity index (χ3v) is 13.7. The molecule has 0 bridgehead atoms. The molecule has 0 saturated carbocycles. The summed E-state index contributed by atoms with van der Waals surface area (Å²) in [6, 6.07) is 69.3. The van der Waals surface area contributed by atoms with Gasteiger partial charge in [-0.25, -0.2) is 4.98 Å². The average molecular weight is 764 g/mol. The molecule has 0 fully saturated rings. The Morgan fingerprint density at radius 2 is 1.25 bits per heavy atom. The molecule has 11 aromatic rings. The summed E-state index contributed by atoms with van der Waals surface area (Å²) < 4.78 is 9.27. The van der Waals surface area contributed by atoms with E-state index < -0.39 is 5.41 Å². The summed E-state index contributed by atoms with van der Waals surface area (Å²) in [5.41, 5.74) is 19.5. The van der Waals surface area contributed by atoms with Crippen LogP contribution in [0.2, 0.25) is 0 Å². The standard InChI is InChI=1S/C55H34BN3O/c1-33-28-40-39-24-15-26-43-52(39)59(46-27-14-13-25-42(46)55(43,37-20-7-3-8-21-37)38-22-9-4-10-23-38)56-44-31-49-45(57-54(60-49)34-16-5-2-6-17-34)32-48(44)58-47-30-36-19-12-11-18-35(36)29-41(47)50(33)53(58)51(40)56/h2-32H,1H3. The molecule has 3 aliphatic rings. The van der Waals surface area contributed by atoms with E-state index in [1.165, 1.54) is 93.8 Å². The van der Waals surface area contributed by atoms with Crippen molar-refractivity contribution in [2.24, 2.45) is 0 Å². The van der Waals surface area contributed by atoms with Gasteiger partial charge in [-0.2, -0.15) is 0 Å². The van der Waals surface area contributed by atoms with Crippen LogP contribution in [0, 0.1) is 6.92 Å². The summed E-state index contributed by atoms with van der Waals surface area (Å²) >= 11 is 0. The van der Waals surface area contributed by atoms with Crippen LogP contribution in [0.15, 0.2) is 192 Å². The van der Waals surface area contributed by atoms with Crippen LogP contribution in [0.25, 0.3) is 71.9 Å². The van der Waals surface area contributed by atoms with E-state index in [9.17, 15) is 0 Å². The maximum absolute atomic E-state index is 6.72. The lowest BCUT2D eigenvalue weighted by Crippen LogP contribution is -2.62. The van der Waals surface area contributed by atoms with E-state index in [0.29, 0.717) is 5.89 Å². The van der Waals surface area contributed by atoms with Gasteiger partial charge in [0.15, 0.2) is 5.58 Å². The zero-order valence-corrected chi connectivity index (χ0v) is 32.7. The molecule has 4 nitrogen and oxygen atoms in total. The summed E-state index contributed by atoms with van der Waals surface area (Å²) in [5.74, 6) is 0.630. The molecule has 0 amide bonds. The molecule has 0 unspecified atom stereocenters. The van der Waals surface area contributed by atoms with Gasteiger partial charge >= 0.3 is 6.85 Å². The highest BCUT2D eigenvalue weighted by atomic mass is 16.3. The minimum atomic E-state index is -0.566. The fraction of sp³-hybridized carbons (Fsp3) is 0.0364. The normalized spacial score (nSPS) is 14.2. The second-order valence-corrected chi connectivity index (χ2v) is 16.7. The molecule has 60 heavy (non-hydrogen) atoms. The molecular weight excluding hydrogens is 729 g/mol. The topological polar surface area (TPSA) is 34.2 Å². The third kappa shape index (κ3) is 3.95. The molecular formula is C55H34BN3O. The first-order chi connectivity index (χ1) is 29.7. The Hall–Kier alpha value is -7.63. The highest BCUT2D eigenvalue weighted by Crippen LogP contribution is 2.60. The number of benzene rings is 9. The fourth-order valence-corrected chi connectivity index (χ4v) is 11.4. The van der Waals surface area contributed by atoms with Gasteiger partial charge in [0, 0.05) is 39.0 Å². The molecule has 0 radical (unpaired) electrons. The number of aromatic nitrogens is 2. The van der Waals surface area contributed by atoms with Gasteiger partial charge in [0.2, 0.25) is 5.89 Å². The summed E-state index contributed by atoms with van der Waals surface area (Å²) in [6.45, 7) is 2.15. The lowest BCUT2D eigenvalue weighted by Gasteiger charge is -2.51. The summed E-state index contributed by atoms with van der Waals surface area (Å²) in [6.07, 6.45) is 0. The number of hydrogen-bond donors (Lipinski definition) is 0. The van der Waals surface area contributed by atoms with Crippen LogP contribution < -0.4 is 15.7 Å². The van der Waals surface area contributed by atoms with E-state index in [0.717, 1.165) is 22.4 Å². The second kappa shape index (κ2) is 11.5. The van der Waals surface area contributed by atoms with Crippen LogP contribution in [-0.2, 0) is 5.41 Å². The molecule has 5 heterocycles. The highest BCUT2D eigenvalue weighted by Gasteiger charge is 2.53. The van der Waals surface area contributed by atoms with Crippen LogP contribution in [0.1, 0.15) is 27.8 Å². The minimum Gasteiger partial charge on any atom is -0.436 e. The van der Waals surface area contributed by atoms with E-state index in [-0.39, 0.29) is 6.85 Å². The van der Waals surface area contributed by atoms with E-state index >= 15 is 0 Å². The predicted octanol–water partition coefficient (Wildman–Crippen LogP) is 12.0. The van der Waals surface area contributed by atoms with Gasteiger partial charge < -0.3 is 13.8 Å². The molecule has 0 saturated heterocycles. The zero-order chi connectivity index (χ0) is 39.3. The lowest BCUT2D eigenvalue weighted by molar-refractivity contribution is 0.620. The molecule has 3 aliphatic heterocycles. The van der Waals surface area contributed by atoms with Crippen molar-refractivity contribution in [1.82, 2.24) is 9.55 Å². The first-order valence-electron chi connectivity index (χ1n) is 20.8. The second-order valence-electron chi connectivity index (χ2n) is 16.7. The SMILES string of the molecule is Cc1cc2c3c4c1c1cc5ccccc5cc1n4-c1cc4nc(-c5ccccc5)oc4cc1B3N1c3ccccc3C(c3ccccc3)(c3ccccc3)c3cccc-2c31. The quantitative estimate of drug-likeness (QED) is 0.168. The van der Waals surface area contributed by atoms with Crippen molar-refractivity contribution >= 4 is 72.8 Å². The lowest BCUT2D eigenvalue weighted by atomic mass is 9.42. The van der Waals surface area contributed by atoms with Crippen molar-refractivity contribution in [3.8, 4) is 28.3 Å². The molecule has 0 atom stereocenters. The first-order valence-corrected chi connectivity index (χ1v) is 20.8. The number of anilines is 2. The van der Waals surface area contributed by atoms with Crippen molar-refractivity contribution in [1.29, 1.82) is 0 Å². The van der Waals surface area contributed by atoms with Gasteiger partial charge in [-0.05, 0) is 104 Å². The molecule has 9 aromatic carbocycles. The smallest absolute Gasteiger partial charge is 0.333 e. The molecule has 2 aromatic heterocycles. The van der Waals surface area contributed by atoms with Gasteiger partial charge in [0.1, 0.15) is 5.52 Å². The molecule has 14 rings (SSSR count). The molecule has 0 spiro atoms. The molecule has 0 N–H and O–H groups in total. The van der Waals surface area contributed by atoms with Crippen molar-refractivity contribution in [2.75, 3.05) is 4.81 Å². The number of nitrogens with zero attached hydrogens (tertiary/aromatic N) is 3. The summed E-state index contributed by atoms with van der Waals surface area (Å²) in [4.78, 5) is 7.83. The molecule has 5 heteroatoms. The van der Waals surface area contributed by atoms with E-state index in [2.05, 4.69) is 186 Å². The summed E-state index contributed by atoms with van der Waals surface area (Å²) in [5, 5.41) is 5.05. The van der Waals surface area contributed by atoms with E-state index in [4.69, 9.17) is 9.40 Å². The number of rotatable bonds is 3. The summed E-state index contributed by atoms with van der Waals surface area (Å²) in [7, 11) is 0. The number of aryl methyl sites for hydroxylation is 1. The fourth-order valence-electron chi connectivity index (χ4n) is 11.4. The Bertz CT molecular complexity index is 3590. The number of para-hydroxylation sites is 2. The Balaban J connectivity index is 1.17. The van der Waals surface area contributed by atoms with Crippen LogP contribution in [0.3, 0.4) is 0 Å². The van der Waals surface area contributed by atoms with Crippen LogP contribution in [0.5, 0.6) is 0 Å². The molecule has 278 valence electrons. The third-order valence-electron chi connectivity index (χ3n) is 13.7. The predicted molar refractivity (Wildman–Crippen MR) is 247 cm³/mol. The van der Waals surface area contributed by atoms with Crippen LogP contribution >= 0.6 is 0 Å². The Labute approximate surface area is 346 Å². The van der Waals surface area contributed by atoms with Crippen molar-refractivity contribution < 1.29 is 4.42 Å². The number of hydrogen-bond acceptors (Lipinski definition) is 3. The maximum atomic E-state index is 6.72. The Kier molecular flexibility index (Phi) is 6.21. The first kappa shape index (κ1) is 32.3. The minimum absolute atomic E-state index is 0.154. The molecule has 0 aliphatic carbocycles. The van der Waals surface area contributed by atoms with Gasteiger partial charge in [-0.1, -0.05) is 146 Å². The van der Waals surface area contributed by atoms with Crippen molar-refractivity contribution in [2.45, 2.75) is 12.3 Å².